The molecule has 0 saturated carbocycles. The summed E-state index contributed by atoms with van der Waals surface area (Å²) in [4.78, 5) is 16.4. The average molecular weight is 353 g/mol. The zero-order valence-electron chi connectivity index (χ0n) is 12.6. The number of benzene rings is 1. The molecule has 0 spiro atoms. The van der Waals surface area contributed by atoms with Crippen molar-refractivity contribution in [2.45, 2.75) is 31.2 Å². The largest absolute Gasteiger partial charge is 0.387 e. The minimum atomic E-state index is -2.27. The summed E-state index contributed by atoms with van der Waals surface area (Å²) in [5, 5.41) is 12.6. The summed E-state index contributed by atoms with van der Waals surface area (Å²) >= 11 is 5.91. The van der Waals surface area contributed by atoms with Gasteiger partial charge in [-0.05, 0) is 36.6 Å². The monoisotopic (exact) mass is 352 g/mol. The Morgan fingerprint density at radius 2 is 2.25 bits per heavy atom. The van der Waals surface area contributed by atoms with Crippen LogP contribution in [0.25, 0.3) is 0 Å². The number of pyridine rings is 1. The first kappa shape index (κ1) is 16.8. The molecule has 2 N–H and O–H groups in total. The fraction of sp³-hybridized carbons (Fsp3) is 0.294. The summed E-state index contributed by atoms with van der Waals surface area (Å²) in [7, 11) is 0. The number of carbonyl (C=O) groups excluding carboxylic acids is 1. The fourth-order valence-electron chi connectivity index (χ4n) is 2.84. The standard InChI is InChI=1S/C17H15ClF2N2O2/c18-13-8-11(19)4-3-10(13)9-22-16(24)17(20)6-5-14(23)15-12(17)2-1-7-21-15/h1-4,7-8,14,23H,5-6,9H2,(H,22,24)/t14-,17-/m1/s1. The van der Waals surface area contributed by atoms with Crippen LogP contribution >= 0.6 is 11.6 Å². The van der Waals surface area contributed by atoms with Crippen LogP contribution < -0.4 is 5.32 Å². The van der Waals surface area contributed by atoms with Gasteiger partial charge in [0, 0.05) is 23.3 Å². The smallest absolute Gasteiger partial charge is 0.262 e. The van der Waals surface area contributed by atoms with E-state index in [2.05, 4.69) is 10.3 Å². The number of halogens is 3. The number of aliphatic hydroxyl groups is 1. The third-order valence-electron chi connectivity index (χ3n) is 4.16. The van der Waals surface area contributed by atoms with E-state index in [9.17, 15) is 14.3 Å². The molecule has 0 fully saturated rings. The molecule has 1 amide bonds. The maximum absolute atomic E-state index is 15.3. The maximum atomic E-state index is 15.3. The van der Waals surface area contributed by atoms with Crippen LogP contribution in [0.15, 0.2) is 36.5 Å². The molecule has 1 aromatic heterocycles. The van der Waals surface area contributed by atoms with Crippen molar-refractivity contribution >= 4 is 17.5 Å². The Bertz CT molecular complexity index is 787. The molecule has 0 unspecified atom stereocenters. The summed E-state index contributed by atoms with van der Waals surface area (Å²) in [6, 6.07) is 6.76. The number of aromatic nitrogens is 1. The van der Waals surface area contributed by atoms with E-state index in [0.29, 0.717) is 5.56 Å². The topological polar surface area (TPSA) is 62.2 Å². The van der Waals surface area contributed by atoms with Crippen molar-refractivity contribution in [2.24, 2.45) is 0 Å². The average Bonchev–Trinajstić information content (AvgIpc) is 2.57. The molecule has 2 atom stereocenters. The van der Waals surface area contributed by atoms with Gasteiger partial charge in [0.2, 0.25) is 5.67 Å². The minimum Gasteiger partial charge on any atom is -0.387 e. The highest BCUT2D eigenvalue weighted by molar-refractivity contribution is 6.31. The van der Waals surface area contributed by atoms with Gasteiger partial charge in [-0.25, -0.2) is 8.78 Å². The van der Waals surface area contributed by atoms with Gasteiger partial charge in [0.1, 0.15) is 5.82 Å². The predicted octanol–water partition coefficient (Wildman–Crippen LogP) is 3.18. The van der Waals surface area contributed by atoms with Crippen molar-refractivity contribution in [3.8, 4) is 0 Å². The first-order valence-corrected chi connectivity index (χ1v) is 7.84. The molecule has 1 aromatic carbocycles. The summed E-state index contributed by atoms with van der Waals surface area (Å²) in [5.41, 5.74) is -1.53. The predicted molar refractivity (Wildman–Crippen MR) is 84.5 cm³/mol. The highest BCUT2D eigenvalue weighted by Crippen LogP contribution is 2.42. The molecule has 7 heteroatoms. The van der Waals surface area contributed by atoms with Gasteiger partial charge >= 0.3 is 0 Å². The fourth-order valence-corrected chi connectivity index (χ4v) is 3.08. The third-order valence-corrected chi connectivity index (χ3v) is 4.51. The van der Waals surface area contributed by atoms with Crippen molar-refractivity contribution in [3.05, 3.63) is 64.2 Å². The quantitative estimate of drug-likeness (QED) is 0.891. The van der Waals surface area contributed by atoms with Gasteiger partial charge in [-0.2, -0.15) is 0 Å². The number of hydrogen-bond acceptors (Lipinski definition) is 3. The lowest BCUT2D eigenvalue weighted by atomic mass is 9.81. The number of aliphatic hydroxyl groups excluding tert-OH is 1. The van der Waals surface area contributed by atoms with Gasteiger partial charge in [-0.3, -0.25) is 9.78 Å². The molecule has 1 heterocycles. The number of nitrogens with one attached hydrogen (secondary N) is 1. The van der Waals surface area contributed by atoms with Gasteiger partial charge in [-0.1, -0.05) is 23.7 Å². The van der Waals surface area contributed by atoms with E-state index in [1.165, 1.54) is 30.5 Å². The number of alkyl halides is 1. The molecule has 0 aliphatic heterocycles. The van der Waals surface area contributed by atoms with Crippen LogP contribution in [0.5, 0.6) is 0 Å². The molecule has 1 aliphatic carbocycles. The van der Waals surface area contributed by atoms with E-state index in [1.54, 1.807) is 0 Å². The highest BCUT2D eigenvalue weighted by atomic mass is 35.5. The molecule has 1 aliphatic rings. The molecular weight excluding hydrogens is 338 g/mol. The van der Waals surface area contributed by atoms with Crippen molar-refractivity contribution < 1.29 is 18.7 Å². The summed E-state index contributed by atoms with van der Waals surface area (Å²) in [5.74, 6) is -1.32. The Morgan fingerprint density at radius 1 is 1.46 bits per heavy atom. The minimum absolute atomic E-state index is 0.0260. The molecule has 24 heavy (non-hydrogen) atoms. The Labute approximate surface area is 142 Å². The van der Waals surface area contributed by atoms with E-state index in [4.69, 9.17) is 11.6 Å². The molecule has 0 bridgehead atoms. The van der Waals surface area contributed by atoms with Crippen molar-refractivity contribution in [1.29, 1.82) is 0 Å². The summed E-state index contributed by atoms with van der Waals surface area (Å²) < 4.78 is 28.4. The Hall–Kier alpha value is -2.05. The molecule has 0 radical (unpaired) electrons. The van der Waals surface area contributed by atoms with Crippen LogP contribution in [0.1, 0.15) is 35.8 Å². The molecular formula is C17H15ClF2N2O2. The molecule has 126 valence electrons. The van der Waals surface area contributed by atoms with Crippen molar-refractivity contribution in [1.82, 2.24) is 10.3 Å². The van der Waals surface area contributed by atoms with E-state index in [0.717, 1.165) is 6.07 Å². The Balaban J connectivity index is 1.81. The van der Waals surface area contributed by atoms with Crippen LogP contribution in [0.4, 0.5) is 8.78 Å². The number of fused-ring (bicyclic) bond motifs is 1. The van der Waals surface area contributed by atoms with Gasteiger partial charge in [0.15, 0.2) is 0 Å². The first-order valence-electron chi connectivity index (χ1n) is 7.46. The third kappa shape index (κ3) is 2.99. The number of carbonyl (C=O) groups is 1. The van der Waals surface area contributed by atoms with E-state index in [-0.39, 0.29) is 35.7 Å². The molecule has 2 aromatic rings. The zero-order chi connectivity index (χ0) is 17.3. The van der Waals surface area contributed by atoms with E-state index < -0.39 is 23.5 Å². The normalized spacial score (nSPS) is 22.8. The van der Waals surface area contributed by atoms with Gasteiger partial charge in [-0.15, -0.1) is 0 Å². The number of nitrogens with zero attached hydrogens (tertiary/aromatic N) is 1. The van der Waals surface area contributed by atoms with Crippen LogP contribution in [-0.2, 0) is 17.0 Å². The van der Waals surface area contributed by atoms with Gasteiger partial charge in [0.05, 0.1) is 11.8 Å². The van der Waals surface area contributed by atoms with Crippen LogP contribution in [0.3, 0.4) is 0 Å². The van der Waals surface area contributed by atoms with E-state index in [1.807, 2.05) is 0 Å². The highest BCUT2D eigenvalue weighted by Gasteiger charge is 2.46. The van der Waals surface area contributed by atoms with Crippen LogP contribution in [0, 0.1) is 5.82 Å². The number of hydrogen-bond donors (Lipinski definition) is 2. The van der Waals surface area contributed by atoms with Crippen molar-refractivity contribution in [3.63, 3.8) is 0 Å². The SMILES string of the molecule is O=C(NCc1ccc(F)cc1Cl)[C@@]1(F)CC[C@@H](O)c2ncccc21. The molecule has 3 rings (SSSR count). The second-order valence-electron chi connectivity index (χ2n) is 5.71. The summed E-state index contributed by atoms with van der Waals surface area (Å²) in [6.45, 7) is -0.0260. The molecule has 4 nitrogen and oxygen atoms in total. The lowest BCUT2D eigenvalue weighted by molar-refractivity contribution is -0.135. The summed E-state index contributed by atoms with van der Waals surface area (Å²) in [6.07, 6.45) is 0.523. The van der Waals surface area contributed by atoms with E-state index >= 15 is 4.39 Å². The van der Waals surface area contributed by atoms with Crippen molar-refractivity contribution in [2.75, 3.05) is 0 Å². The zero-order valence-corrected chi connectivity index (χ0v) is 13.4. The second-order valence-corrected chi connectivity index (χ2v) is 6.12. The Kier molecular flexibility index (Phi) is 4.51. The number of rotatable bonds is 3. The Morgan fingerprint density at radius 3 is 3.00 bits per heavy atom. The van der Waals surface area contributed by atoms with Crippen LogP contribution in [0.2, 0.25) is 5.02 Å². The maximum Gasteiger partial charge on any atom is 0.262 e. The second kappa shape index (κ2) is 6.45. The number of amides is 1. The van der Waals surface area contributed by atoms with Crippen LogP contribution in [-0.4, -0.2) is 16.0 Å². The van der Waals surface area contributed by atoms with Gasteiger partial charge in [0.25, 0.3) is 5.91 Å². The lowest BCUT2D eigenvalue weighted by Crippen LogP contribution is -2.44. The van der Waals surface area contributed by atoms with Gasteiger partial charge < -0.3 is 10.4 Å². The first-order chi connectivity index (χ1) is 11.4. The lowest BCUT2D eigenvalue weighted by Gasteiger charge is -2.32. The molecule has 0 saturated heterocycles.